The second-order valence-corrected chi connectivity index (χ2v) is 7.97. The van der Waals surface area contributed by atoms with Crippen LogP contribution in [0.2, 0.25) is 0 Å². The van der Waals surface area contributed by atoms with Crippen LogP contribution in [-0.2, 0) is 15.0 Å². The molecule has 152 valence electrons. The predicted octanol–water partition coefficient (Wildman–Crippen LogP) is 4.12. The standard InChI is InChI=1S/C21H14F2N2O4S/c1-21(2,16-10-30-17(24-16)14-9-11(22)7-8-15(14)23)20(28)29-25-18(26)12-5-3-4-6-13(12)19(25)27/h3-10H,1-2H3. The molecule has 0 spiro atoms. The van der Waals surface area contributed by atoms with Gasteiger partial charge < -0.3 is 4.84 Å². The Kier molecular flexibility index (Phi) is 4.70. The van der Waals surface area contributed by atoms with Gasteiger partial charge in [0, 0.05) is 10.9 Å². The van der Waals surface area contributed by atoms with E-state index in [1.807, 2.05) is 0 Å². The molecule has 0 radical (unpaired) electrons. The van der Waals surface area contributed by atoms with Crippen molar-refractivity contribution in [1.29, 1.82) is 0 Å². The van der Waals surface area contributed by atoms with Gasteiger partial charge in [0.25, 0.3) is 11.8 Å². The van der Waals surface area contributed by atoms with Crippen LogP contribution in [0.1, 0.15) is 40.3 Å². The Hall–Kier alpha value is -3.46. The third-order valence-electron chi connectivity index (χ3n) is 4.74. The number of carbonyl (C=O) groups excluding carboxylic acids is 3. The Bertz CT molecular complexity index is 1170. The highest BCUT2D eigenvalue weighted by Gasteiger charge is 2.43. The summed E-state index contributed by atoms with van der Waals surface area (Å²) in [5.41, 5.74) is -0.881. The lowest BCUT2D eigenvalue weighted by Gasteiger charge is -2.22. The summed E-state index contributed by atoms with van der Waals surface area (Å²) in [6, 6.07) is 9.14. The number of nitrogens with zero attached hydrogens (tertiary/aromatic N) is 2. The fourth-order valence-corrected chi connectivity index (χ4v) is 3.90. The van der Waals surface area contributed by atoms with E-state index in [2.05, 4.69) is 4.98 Å². The number of hydroxylamine groups is 2. The molecule has 3 aromatic rings. The number of thiazole rings is 1. The first-order valence-corrected chi connectivity index (χ1v) is 9.70. The Morgan fingerprint density at radius 1 is 1.03 bits per heavy atom. The zero-order valence-corrected chi connectivity index (χ0v) is 16.6. The SMILES string of the molecule is CC(C)(C(=O)ON1C(=O)c2ccccc2C1=O)c1csc(-c2cc(F)ccc2F)n1. The van der Waals surface area contributed by atoms with E-state index in [0.29, 0.717) is 5.06 Å². The van der Waals surface area contributed by atoms with Crippen molar-refractivity contribution in [3.63, 3.8) is 0 Å². The van der Waals surface area contributed by atoms with Crippen molar-refractivity contribution in [3.8, 4) is 10.6 Å². The second kappa shape index (κ2) is 7.10. The number of hydrogen-bond acceptors (Lipinski definition) is 6. The van der Waals surface area contributed by atoms with Crippen LogP contribution in [0.15, 0.2) is 47.8 Å². The Morgan fingerprint density at radius 3 is 2.30 bits per heavy atom. The van der Waals surface area contributed by atoms with Gasteiger partial charge in [0.15, 0.2) is 0 Å². The summed E-state index contributed by atoms with van der Waals surface area (Å²) in [7, 11) is 0. The first-order chi connectivity index (χ1) is 14.2. The minimum absolute atomic E-state index is 0.0317. The fourth-order valence-electron chi connectivity index (χ4n) is 2.90. The van der Waals surface area contributed by atoms with Gasteiger partial charge in [-0.05, 0) is 44.2 Å². The maximum atomic E-state index is 14.0. The molecule has 0 unspecified atom stereocenters. The van der Waals surface area contributed by atoms with Crippen molar-refractivity contribution in [2.45, 2.75) is 19.3 Å². The van der Waals surface area contributed by atoms with Gasteiger partial charge >= 0.3 is 5.97 Å². The number of hydrogen-bond donors (Lipinski definition) is 0. The first-order valence-electron chi connectivity index (χ1n) is 8.82. The highest BCUT2D eigenvalue weighted by atomic mass is 32.1. The molecule has 2 heterocycles. The smallest absolute Gasteiger partial charge is 0.329 e. The summed E-state index contributed by atoms with van der Waals surface area (Å²) >= 11 is 1.03. The van der Waals surface area contributed by atoms with Gasteiger partial charge in [-0.25, -0.2) is 18.6 Å². The number of halogens is 2. The molecule has 0 saturated carbocycles. The highest BCUT2D eigenvalue weighted by Crippen LogP contribution is 2.33. The van der Waals surface area contributed by atoms with Gasteiger partial charge in [-0.1, -0.05) is 17.2 Å². The van der Waals surface area contributed by atoms with Crippen molar-refractivity contribution in [2.75, 3.05) is 0 Å². The van der Waals surface area contributed by atoms with Gasteiger partial charge in [-0.3, -0.25) is 9.59 Å². The normalized spacial score (nSPS) is 13.5. The number of carbonyl (C=O) groups is 3. The third-order valence-corrected chi connectivity index (χ3v) is 5.62. The molecule has 0 atom stereocenters. The van der Waals surface area contributed by atoms with E-state index in [4.69, 9.17) is 4.84 Å². The Labute approximate surface area is 173 Å². The molecule has 4 rings (SSSR count). The number of imide groups is 1. The Morgan fingerprint density at radius 2 is 1.67 bits per heavy atom. The van der Waals surface area contributed by atoms with Crippen molar-refractivity contribution in [1.82, 2.24) is 10.0 Å². The van der Waals surface area contributed by atoms with E-state index in [1.165, 1.54) is 31.4 Å². The van der Waals surface area contributed by atoms with Crippen LogP contribution in [0, 0.1) is 11.6 Å². The minimum Gasteiger partial charge on any atom is -0.329 e. The summed E-state index contributed by atoms with van der Waals surface area (Å²) in [4.78, 5) is 47.0. The van der Waals surface area contributed by atoms with E-state index >= 15 is 0 Å². The van der Waals surface area contributed by atoms with Crippen molar-refractivity contribution >= 4 is 29.1 Å². The molecule has 1 aromatic heterocycles. The summed E-state index contributed by atoms with van der Waals surface area (Å²) in [6.45, 7) is 2.99. The molecule has 2 aromatic carbocycles. The van der Waals surface area contributed by atoms with E-state index in [1.54, 1.807) is 12.1 Å². The molecule has 0 aliphatic carbocycles. The molecule has 6 nitrogen and oxygen atoms in total. The van der Waals surface area contributed by atoms with Gasteiger partial charge in [0.1, 0.15) is 22.1 Å². The molecule has 30 heavy (non-hydrogen) atoms. The Balaban J connectivity index is 1.58. The van der Waals surface area contributed by atoms with Crippen LogP contribution in [-0.4, -0.2) is 27.8 Å². The summed E-state index contributed by atoms with van der Waals surface area (Å²) in [6.07, 6.45) is 0. The summed E-state index contributed by atoms with van der Waals surface area (Å²) in [5.74, 6) is -3.63. The molecule has 1 aliphatic heterocycles. The molecule has 1 aliphatic rings. The summed E-state index contributed by atoms with van der Waals surface area (Å²) in [5, 5.41) is 2.13. The van der Waals surface area contributed by atoms with Gasteiger partial charge in [-0.15, -0.1) is 11.3 Å². The van der Waals surface area contributed by atoms with Crippen LogP contribution in [0.5, 0.6) is 0 Å². The molecule has 0 fully saturated rings. The van der Waals surface area contributed by atoms with Gasteiger partial charge in [0.05, 0.1) is 16.8 Å². The average molecular weight is 428 g/mol. The number of aromatic nitrogens is 1. The largest absolute Gasteiger partial charge is 0.344 e. The molecule has 2 amide bonds. The number of benzene rings is 2. The summed E-state index contributed by atoms with van der Waals surface area (Å²) < 4.78 is 27.5. The van der Waals surface area contributed by atoms with Crippen LogP contribution < -0.4 is 0 Å². The van der Waals surface area contributed by atoms with E-state index in [0.717, 1.165) is 29.5 Å². The molecular formula is C21H14F2N2O4S. The van der Waals surface area contributed by atoms with Crippen molar-refractivity contribution < 1.29 is 28.0 Å². The van der Waals surface area contributed by atoms with Crippen LogP contribution in [0.4, 0.5) is 8.78 Å². The topological polar surface area (TPSA) is 76.6 Å². The quantitative estimate of drug-likeness (QED) is 0.585. The molecule has 9 heteroatoms. The van der Waals surface area contributed by atoms with Crippen LogP contribution in [0.25, 0.3) is 10.6 Å². The third kappa shape index (κ3) is 3.17. The minimum atomic E-state index is -1.37. The second-order valence-electron chi connectivity index (χ2n) is 7.12. The van der Waals surface area contributed by atoms with E-state index in [9.17, 15) is 23.2 Å². The molecule has 0 saturated heterocycles. The monoisotopic (exact) mass is 428 g/mol. The van der Waals surface area contributed by atoms with Gasteiger partial charge in [-0.2, -0.15) is 0 Å². The van der Waals surface area contributed by atoms with Gasteiger partial charge in [0.2, 0.25) is 0 Å². The average Bonchev–Trinajstić information content (AvgIpc) is 3.31. The predicted molar refractivity (Wildman–Crippen MR) is 104 cm³/mol. The van der Waals surface area contributed by atoms with Crippen molar-refractivity contribution in [3.05, 3.63) is 76.3 Å². The van der Waals surface area contributed by atoms with Crippen molar-refractivity contribution in [2.24, 2.45) is 0 Å². The lowest BCUT2D eigenvalue weighted by Crippen LogP contribution is -2.40. The first kappa shape index (κ1) is 19.8. The molecule has 0 bridgehead atoms. The maximum Gasteiger partial charge on any atom is 0.344 e. The maximum absolute atomic E-state index is 14.0. The van der Waals surface area contributed by atoms with Crippen LogP contribution >= 0.6 is 11.3 Å². The lowest BCUT2D eigenvalue weighted by molar-refractivity contribution is -0.174. The number of rotatable bonds is 4. The molecule has 0 N–H and O–H groups in total. The fraction of sp³-hybridized carbons (Fsp3) is 0.143. The van der Waals surface area contributed by atoms with E-state index in [-0.39, 0.29) is 27.4 Å². The molecular weight excluding hydrogens is 414 g/mol. The van der Waals surface area contributed by atoms with Crippen LogP contribution in [0.3, 0.4) is 0 Å². The zero-order chi connectivity index (χ0) is 21.6. The number of amides is 2. The lowest BCUT2D eigenvalue weighted by atomic mass is 9.90. The highest BCUT2D eigenvalue weighted by molar-refractivity contribution is 7.13. The number of fused-ring (bicyclic) bond motifs is 1. The zero-order valence-electron chi connectivity index (χ0n) is 15.8. The van der Waals surface area contributed by atoms with E-state index < -0.39 is 34.8 Å².